The van der Waals surface area contributed by atoms with Crippen LogP contribution in [0.25, 0.3) is 5.65 Å². The van der Waals surface area contributed by atoms with Crippen LogP contribution in [0.5, 0.6) is 5.75 Å². The number of ether oxygens (including phenoxy) is 1. The van der Waals surface area contributed by atoms with Gasteiger partial charge >= 0.3 is 0 Å². The van der Waals surface area contributed by atoms with E-state index in [4.69, 9.17) is 39.5 Å². The zero-order valence-electron chi connectivity index (χ0n) is 10.2. The number of benzene rings is 1. The van der Waals surface area contributed by atoms with Crippen molar-refractivity contribution < 1.29 is 4.74 Å². The van der Waals surface area contributed by atoms with Gasteiger partial charge in [-0.2, -0.15) is 0 Å². The molecule has 0 fully saturated rings. The van der Waals surface area contributed by atoms with Gasteiger partial charge in [0, 0.05) is 18.5 Å². The Morgan fingerprint density at radius 1 is 1.05 bits per heavy atom. The summed E-state index contributed by atoms with van der Waals surface area (Å²) in [4.78, 5) is 4.43. The van der Waals surface area contributed by atoms with Gasteiger partial charge in [-0.3, -0.25) is 0 Å². The third kappa shape index (κ3) is 2.70. The molecule has 0 radical (unpaired) electrons. The molecule has 3 nitrogen and oxygen atoms in total. The second kappa shape index (κ2) is 5.52. The average Bonchev–Trinajstić information content (AvgIpc) is 2.84. The van der Waals surface area contributed by atoms with Crippen LogP contribution in [-0.4, -0.2) is 9.38 Å². The minimum Gasteiger partial charge on any atom is -0.486 e. The summed E-state index contributed by atoms with van der Waals surface area (Å²) in [6.07, 6.45) is 3.83. The van der Waals surface area contributed by atoms with Crippen molar-refractivity contribution in [1.82, 2.24) is 9.38 Å². The van der Waals surface area contributed by atoms with E-state index in [0.29, 0.717) is 27.4 Å². The van der Waals surface area contributed by atoms with Gasteiger partial charge in [-0.15, -0.1) is 0 Å². The summed E-state index contributed by atoms with van der Waals surface area (Å²) >= 11 is 17.9. The van der Waals surface area contributed by atoms with Gasteiger partial charge < -0.3 is 9.14 Å². The first-order valence-electron chi connectivity index (χ1n) is 5.83. The lowest BCUT2D eigenvalue weighted by molar-refractivity contribution is 0.302. The number of pyridine rings is 1. The molecule has 0 aliphatic heterocycles. The number of rotatable bonds is 3. The summed E-state index contributed by atoms with van der Waals surface area (Å²) in [7, 11) is 0. The Bertz CT molecular complexity index is 737. The van der Waals surface area contributed by atoms with E-state index in [0.717, 1.165) is 11.3 Å². The standard InChI is InChI=1S/C14H9Cl3N2O/c15-10-5-12(17)13(6-11(10)16)20-8-9-7-19-4-2-1-3-14(19)18-9/h1-7H,8H2. The lowest BCUT2D eigenvalue weighted by Gasteiger charge is -2.07. The summed E-state index contributed by atoms with van der Waals surface area (Å²) in [5, 5.41) is 1.22. The fourth-order valence-electron chi connectivity index (χ4n) is 1.82. The Labute approximate surface area is 130 Å². The van der Waals surface area contributed by atoms with Crippen molar-refractivity contribution in [2.45, 2.75) is 6.61 Å². The van der Waals surface area contributed by atoms with Crippen LogP contribution in [0.1, 0.15) is 5.69 Å². The first-order chi connectivity index (χ1) is 9.63. The molecule has 0 saturated carbocycles. The Hall–Kier alpha value is -1.42. The molecule has 2 heterocycles. The second-order valence-electron chi connectivity index (χ2n) is 4.18. The number of hydrogen-bond donors (Lipinski definition) is 0. The Morgan fingerprint density at radius 3 is 2.65 bits per heavy atom. The Kier molecular flexibility index (Phi) is 3.74. The van der Waals surface area contributed by atoms with Crippen molar-refractivity contribution in [3.05, 3.63) is 63.5 Å². The van der Waals surface area contributed by atoms with Gasteiger partial charge in [0.05, 0.1) is 20.8 Å². The molecule has 0 atom stereocenters. The highest BCUT2D eigenvalue weighted by Gasteiger charge is 2.08. The van der Waals surface area contributed by atoms with Crippen LogP contribution in [-0.2, 0) is 6.61 Å². The van der Waals surface area contributed by atoms with E-state index in [9.17, 15) is 0 Å². The van der Waals surface area contributed by atoms with Crippen LogP contribution in [0.15, 0.2) is 42.7 Å². The molecule has 0 amide bonds. The van der Waals surface area contributed by atoms with Gasteiger partial charge in [0.2, 0.25) is 0 Å². The van der Waals surface area contributed by atoms with Crippen molar-refractivity contribution in [2.24, 2.45) is 0 Å². The zero-order valence-corrected chi connectivity index (χ0v) is 12.5. The molecule has 3 aromatic rings. The van der Waals surface area contributed by atoms with E-state index in [-0.39, 0.29) is 0 Å². The molecule has 0 saturated heterocycles. The van der Waals surface area contributed by atoms with Crippen molar-refractivity contribution in [1.29, 1.82) is 0 Å². The van der Waals surface area contributed by atoms with E-state index < -0.39 is 0 Å². The van der Waals surface area contributed by atoms with Crippen molar-refractivity contribution in [3.63, 3.8) is 0 Å². The molecule has 2 aromatic heterocycles. The van der Waals surface area contributed by atoms with Crippen LogP contribution in [0.4, 0.5) is 0 Å². The zero-order chi connectivity index (χ0) is 14.1. The van der Waals surface area contributed by atoms with E-state index >= 15 is 0 Å². The van der Waals surface area contributed by atoms with E-state index in [2.05, 4.69) is 4.98 Å². The molecule has 0 bridgehead atoms. The Morgan fingerprint density at radius 2 is 1.85 bits per heavy atom. The van der Waals surface area contributed by atoms with Crippen LogP contribution < -0.4 is 4.74 Å². The van der Waals surface area contributed by atoms with Crippen molar-refractivity contribution in [3.8, 4) is 5.75 Å². The minimum atomic E-state index is 0.305. The lowest BCUT2D eigenvalue weighted by Crippen LogP contribution is -1.96. The van der Waals surface area contributed by atoms with Crippen LogP contribution in [0.3, 0.4) is 0 Å². The number of aromatic nitrogens is 2. The minimum absolute atomic E-state index is 0.305. The molecule has 0 aliphatic rings. The quantitative estimate of drug-likeness (QED) is 0.641. The smallest absolute Gasteiger partial charge is 0.140 e. The number of imidazole rings is 1. The van der Waals surface area contributed by atoms with Crippen LogP contribution in [0.2, 0.25) is 15.1 Å². The number of nitrogens with zero attached hydrogens (tertiary/aromatic N) is 2. The average molecular weight is 328 g/mol. The molecule has 20 heavy (non-hydrogen) atoms. The molecule has 0 N–H and O–H groups in total. The van der Waals surface area contributed by atoms with Gasteiger partial charge in [-0.05, 0) is 18.2 Å². The van der Waals surface area contributed by atoms with E-state index in [1.54, 1.807) is 12.1 Å². The summed E-state index contributed by atoms with van der Waals surface area (Å²) in [5.74, 6) is 0.484. The number of hydrogen-bond acceptors (Lipinski definition) is 2. The molecule has 3 rings (SSSR count). The first kappa shape index (κ1) is 13.6. The number of fused-ring (bicyclic) bond motifs is 1. The molecular weight excluding hydrogens is 319 g/mol. The third-order valence-electron chi connectivity index (χ3n) is 2.76. The van der Waals surface area contributed by atoms with Gasteiger partial charge in [-0.1, -0.05) is 40.9 Å². The maximum absolute atomic E-state index is 6.05. The third-order valence-corrected chi connectivity index (χ3v) is 3.78. The highest BCUT2D eigenvalue weighted by molar-refractivity contribution is 6.43. The fourth-order valence-corrected chi connectivity index (χ4v) is 2.41. The number of halogens is 3. The summed E-state index contributed by atoms with van der Waals surface area (Å²) in [5.41, 5.74) is 1.67. The van der Waals surface area contributed by atoms with Gasteiger partial charge in [-0.25, -0.2) is 4.98 Å². The SMILES string of the molecule is Clc1cc(Cl)c(OCc2cn3ccccc3n2)cc1Cl. The molecule has 1 aromatic carbocycles. The van der Waals surface area contributed by atoms with Gasteiger partial charge in [0.25, 0.3) is 0 Å². The fraction of sp³-hybridized carbons (Fsp3) is 0.0714. The second-order valence-corrected chi connectivity index (χ2v) is 5.41. The maximum atomic E-state index is 6.05. The normalized spacial score (nSPS) is 10.9. The molecular formula is C14H9Cl3N2O. The van der Waals surface area contributed by atoms with Gasteiger partial charge in [0.15, 0.2) is 0 Å². The summed E-state index contributed by atoms with van der Waals surface area (Å²) < 4.78 is 7.56. The molecule has 102 valence electrons. The van der Waals surface area contributed by atoms with E-state index in [1.807, 2.05) is 35.0 Å². The predicted molar refractivity (Wildman–Crippen MR) is 81.0 cm³/mol. The molecule has 0 aliphatic carbocycles. The molecule has 6 heteroatoms. The molecule has 0 spiro atoms. The van der Waals surface area contributed by atoms with Gasteiger partial charge in [0.1, 0.15) is 18.0 Å². The van der Waals surface area contributed by atoms with Crippen LogP contribution in [0, 0.1) is 0 Å². The highest BCUT2D eigenvalue weighted by atomic mass is 35.5. The van der Waals surface area contributed by atoms with Crippen molar-refractivity contribution in [2.75, 3.05) is 0 Å². The Balaban J connectivity index is 1.81. The highest BCUT2D eigenvalue weighted by Crippen LogP contribution is 2.34. The van der Waals surface area contributed by atoms with Crippen molar-refractivity contribution >= 4 is 40.4 Å². The largest absolute Gasteiger partial charge is 0.486 e. The first-order valence-corrected chi connectivity index (χ1v) is 6.97. The molecule has 0 unspecified atom stereocenters. The maximum Gasteiger partial charge on any atom is 0.140 e. The summed E-state index contributed by atoms with van der Waals surface area (Å²) in [6, 6.07) is 8.96. The van der Waals surface area contributed by atoms with E-state index in [1.165, 1.54) is 0 Å². The lowest BCUT2D eigenvalue weighted by atomic mass is 10.3. The summed E-state index contributed by atoms with van der Waals surface area (Å²) in [6.45, 7) is 0.305. The van der Waals surface area contributed by atoms with Crippen LogP contribution >= 0.6 is 34.8 Å². The predicted octanol–water partition coefficient (Wildman–Crippen LogP) is 4.87. The topological polar surface area (TPSA) is 26.5 Å². The monoisotopic (exact) mass is 326 g/mol.